The van der Waals surface area contributed by atoms with Gasteiger partial charge in [-0.1, -0.05) is 29.8 Å². The molecular formula is C21H13ClFNO4S. The molecule has 5 nitrogen and oxygen atoms in total. The van der Waals surface area contributed by atoms with Crippen molar-refractivity contribution >= 4 is 32.6 Å². The Morgan fingerprint density at radius 1 is 0.931 bits per heavy atom. The first-order valence-corrected chi connectivity index (χ1v) is 10.3. The van der Waals surface area contributed by atoms with E-state index in [1.54, 1.807) is 24.3 Å². The summed E-state index contributed by atoms with van der Waals surface area (Å²) in [5.41, 5.74) is 0.866. The van der Waals surface area contributed by atoms with Crippen LogP contribution in [0.15, 0.2) is 80.8 Å². The van der Waals surface area contributed by atoms with Crippen molar-refractivity contribution in [1.82, 2.24) is 0 Å². The molecule has 0 saturated carbocycles. The van der Waals surface area contributed by atoms with Crippen LogP contribution in [-0.4, -0.2) is 8.42 Å². The van der Waals surface area contributed by atoms with E-state index in [-0.39, 0.29) is 32.2 Å². The van der Waals surface area contributed by atoms with E-state index in [0.29, 0.717) is 16.5 Å². The van der Waals surface area contributed by atoms with Crippen LogP contribution in [0, 0.1) is 5.82 Å². The Labute approximate surface area is 170 Å². The molecule has 0 bridgehead atoms. The molecule has 0 spiro atoms. The van der Waals surface area contributed by atoms with Crippen molar-refractivity contribution in [3.05, 3.63) is 87.8 Å². The van der Waals surface area contributed by atoms with Gasteiger partial charge in [-0.2, -0.15) is 0 Å². The van der Waals surface area contributed by atoms with Crippen molar-refractivity contribution in [2.45, 2.75) is 4.90 Å². The molecule has 0 amide bonds. The van der Waals surface area contributed by atoms with Crippen LogP contribution in [0.25, 0.3) is 33.4 Å². The molecule has 0 aliphatic heterocycles. The number of sulfonamides is 1. The van der Waals surface area contributed by atoms with Gasteiger partial charge in [0, 0.05) is 5.56 Å². The van der Waals surface area contributed by atoms with Gasteiger partial charge in [0.05, 0.1) is 20.9 Å². The minimum absolute atomic E-state index is 0.0713. The maximum atomic E-state index is 14.1. The summed E-state index contributed by atoms with van der Waals surface area (Å²) in [6.45, 7) is 0. The van der Waals surface area contributed by atoms with Crippen molar-refractivity contribution in [2.75, 3.05) is 0 Å². The van der Waals surface area contributed by atoms with Crippen LogP contribution in [-0.2, 0) is 10.0 Å². The third-order valence-electron chi connectivity index (χ3n) is 4.45. The Morgan fingerprint density at radius 3 is 2.24 bits per heavy atom. The second-order valence-electron chi connectivity index (χ2n) is 6.33. The lowest BCUT2D eigenvalue weighted by molar-refractivity contribution is 0.597. The topological polar surface area (TPSA) is 90.4 Å². The first-order valence-electron chi connectivity index (χ1n) is 8.40. The number of para-hydroxylation sites is 1. The number of primary sulfonamides is 1. The molecule has 8 heteroatoms. The zero-order valence-electron chi connectivity index (χ0n) is 14.7. The molecular weight excluding hydrogens is 417 g/mol. The van der Waals surface area contributed by atoms with Crippen molar-refractivity contribution in [3.63, 3.8) is 0 Å². The van der Waals surface area contributed by atoms with E-state index >= 15 is 0 Å². The SMILES string of the molecule is NS(=O)(=O)c1ccc(-c2oc3ccccc3c(=O)c2-c2ccc(Cl)c(F)c2)cc1. The Hall–Kier alpha value is -3.00. The van der Waals surface area contributed by atoms with Gasteiger partial charge in [0.1, 0.15) is 17.2 Å². The molecule has 146 valence electrons. The minimum atomic E-state index is -3.87. The normalized spacial score (nSPS) is 11.7. The van der Waals surface area contributed by atoms with Gasteiger partial charge in [0.2, 0.25) is 15.5 Å². The molecule has 1 heterocycles. The summed E-state index contributed by atoms with van der Waals surface area (Å²) in [6, 6.07) is 16.3. The monoisotopic (exact) mass is 429 g/mol. The number of nitrogens with two attached hydrogens (primary N) is 1. The number of rotatable bonds is 3. The summed E-state index contributed by atoms with van der Waals surface area (Å²) in [7, 11) is -3.87. The smallest absolute Gasteiger partial charge is 0.238 e. The summed E-state index contributed by atoms with van der Waals surface area (Å²) < 4.78 is 43.1. The van der Waals surface area contributed by atoms with Crippen molar-refractivity contribution in [3.8, 4) is 22.5 Å². The van der Waals surface area contributed by atoms with Crippen molar-refractivity contribution in [1.29, 1.82) is 0 Å². The fourth-order valence-corrected chi connectivity index (χ4v) is 3.69. The third-order valence-corrected chi connectivity index (χ3v) is 5.69. The first kappa shape index (κ1) is 19.3. The lowest BCUT2D eigenvalue weighted by atomic mass is 9.98. The average Bonchev–Trinajstić information content (AvgIpc) is 2.70. The zero-order chi connectivity index (χ0) is 20.8. The molecule has 2 N–H and O–H groups in total. The lowest BCUT2D eigenvalue weighted by Gasteiger charge is -2.11. The molecule has 0 aliphatic carbocycles. The van der Waals surface area contributed by atoms with Crippen LogP contribution in [0.4, 0.5) is 4.39 Å². The molecule has 1 aromatic heterocycles. The van der Waals surface area contributed by atoms with Gasteiger partial charge in [-0.3, -0.25) is 4.79 Å². The highest BCUT2D eigenvalue weighted by Gasteiger charge is 2.19. The fraction of sp³-hybridized carbons (Fsp3) is 0. The van der Waals surface area contributed by atoms with Crippen molar-refractivity contribution in [2.24, 2.45) is 5.14 Å². The molecule has 0 unspecified atom stereocenters. The Balaban J connectivity index is 2.04. The van der Waals surface area contributed by atoms with E-state index in [9.17, 15) is 17.6 Å². The van der Waals surface area contributed by atoms with Gasteiger partial charge >= 0.3 is 0 Å². The van der Waals surface area contributed by atoms with Gasteiger partial charge in [-0.25, -0.2) is 17.9 Å². The molecule has 29 heavy (non-hydrogen) atoms. The molecule has 0 aliphatic rings. The van der Waals surface area contributed by atoms with Crippen molar-refractivity contribution < 1.29 is 17.2 Å². The summed E-state index contributed by atoms with van der Waals surface area (Å²) in [4.78, 5) is 13.1. The van der Waals surface area contributed by atoms with Crippen LogP contribution in [0.2, 0.25) is 5.02 Å². The standard InChI is InChI=1S/C21H13ClFNO4S/c22-16-10-7-13(11-17(16)23)19-20(25)15-3-1-2-4-18(15)28-21(19)12-5-8-14(9-6-12)29(24,26)27/h1-11H,(H2,24,26,27). The van der Waals surface area contributed by atoms with E-state index in [0.717, 1.165) is 6.07 Å². The highest BCUT2D eigenvalue weighted by atomic mass is 35.5. The summed E-state index contributed by atoms with van der Waals surface area (Å²) in [6.07, 6.45) is 0. The van der Waals surface area contributed by atoms with Gasteiger partial charge in [-0.05, 0) is 54.1 Å². The number of halogens is 2. The predicted molar refractivity (Wildman–Crippen MR) is 110 cm³/mol. The van der Waals surface area contributed by atoms with E-state index in [4.69, 9.17) is 21.2 Å². The highest BCUT2D eigenvalue weighted by Crippen LogP contribution is 2.34. The second kappa shape index (κ2) is 7.11. The number of hydrogen-bond acceptors (Lipinski definition) is 4. The number of benzene rings is 3. The third kappa shape index (κ3) is 3.55. The molecule has 0 fully saturated rings. The molecule has 0 atom stereocenters. The Kier molecular flexibility index (Phi) is 4.74. The van der Waals surface area contributed by atoms with Gasteiger partial charge < -0.3 is 4.42 Å². The minimum Gasteiger partial charge on any atom is -0.455 e. The molecule has 4 rings (SSSR count). The Bertz CT molecular complexity index is 1410. The molecule has 4 aromatic rings. The lowest BCUT2D eigenvalue weighted by Crippen LogP contribution is -2.12. The maximum Gasteiger partial charge on any atom is 0.238 e. The molecule has 0 saturated heterocycles. The zero-order valence-corrected chi connectivity index (χ0v) is 16.3. The van der Waals surface area contributed by atoms with Crippen LogP contribution in [0.5, 0.6) is 0 Å². The quantitative estimate of drug-likeness (QED) is 0.516. The second-order valence-corrected chi connectivity index (χ2v) is 8.30. The fourth-order valence-electron chi connectivity index (χ4n) is 3.06. The summed E-state index contributed by atoms with van der Waals surface area (Å²) in [5.74, 6) is -0.497. The number of hydrogen-bond donors (Lipinski definition) is 1. The highest BCUT2D eigenvalue weighted by molar-refractivity contribution is 7.89. The van der Waals surface area contributed by atoms with Crippen LogP contribution in [0.1, 0.15) is 0 Å². The summed E-state index contributed by atoms with van der Waals surface area (Å²) >= 11 is 5.77. The van der Waals surface area contributed by atoms with E-state index < -0.39 is 15.8 Å². The molecule has 3 aromatic carbocycles. The van der Waals surface area contributed by atoms with Crippen LogP contribution in [0.3, 0.4) is 0 Å². The van der Waals surface area contributed by atoms with E-state index in [1.807, 2.05) is 0 Å². The van der Waals surface area contributed by atoms with Crippen LogP contribution < -0.4 is 10.6 Å². The largest absolute Gasteiger partial charge is 0.455 e. The summed E-state index contributed by atoms with van der Waals surface area (Å²) in [5, 5.41) is 5.40. The van der Waals surface area contributed by atoms with Gasteiger partial charge in [0.15, 0.2) is 0 Å². The average molecular weight is 430 g/mol. The van der Waals surface area contributed by atoms with E-state index in [1.165, 1.54) is 36.4 Å². The van der Waals surface area contributed by atoms with E-state index in [2.05, 4.69) is 0 Å². The maximum absolute atomic E-state index is 14.1. The van der Waals surface area contributed by atoms with Crippen LogP contribution >= 0.6 is 11.6 Å². The Morgan fingerprint density at radius 2 is 1.59 bits per heavy atom. The number of fused-ring (bicyclic) bond motifs is 1. The van der Waals surface area contributed by atoms with Gasteiger partial charge in [0.25, 0.3) is 0 Å². The van der Waals surface area contributed by atoms with Gasteiger partial charge in [-0.15, -0.1) is 0 Å². The molecule has 0 radical (unpaired) electrons. The first-order chi connectivity index (χ1) is 13.8. The predicted octanol–water partition coefficient (Wildman–Crippen LogP) is 4.57.